The normalized spacial score (nSPS) is 21.4. The fourth-order valence-corrected chi connectivity index (χ4v) is 4.72. The number of aryl methyl sites for hydroxylation is 1. The quantitative estimate of drug-likeness (QED) is 0.823. The van der Waals surface area contributed by atoms with Crippen LogP contribution in [0.15, 0.2) is 42.5 Å². The minimum atomic E-state index is -0.518. The molecule has 2 heterocycles. The van der Waals surface area contributed by atoms with Crippen LogP contribution in [0, 0.1) is 5.92 Å². The molecule has 1 saturated carbocycles. The lowest BCUT2D eigenvalue weighted by atomic mass is 10.1. The third-order valence-corrected chi connectivity index (χ3v) is 6.33. The van der Waals surface area contributed by atoms with E-state index in [0.29, 0.717) is 18.0 Å². The molecule has 1 N–H and O–H groups in total. The third kappa shape index (κ3) is 3.30. The van der Waals surface area contributed by atoms with E-state index < -0.39 is 5.79 Å². The molecule has 0 aromatic heterocycles. The number of carbonyl (C=O) groups excluding carboxylic acids is 2. The van der Waals surface area contributed by atoms with Gasteiger partial charge in [0.05, 0.1) is 5.92 Å². The third-order valence-electron chi connectivity index (χ3n) is 6.33. The minimum Gasteiger partial charge on any atom is -0.448 e. The zero-order chi connectivity index (χ0) is 20.7. The van der Waals surface area contributed by atoms with Crippen molar-refractivity contribution < 1.29 is 19.1 Å². The number of nitrogens with one attached hydrogen (secondary N) is 1. The zero-order valence-corrected chi connectivity index (χ0v) is 17.1. The number of amides is 2. The number of carbonyl (C=O) groups is 2. The van der Waals surface area contributed by atoms with E-state index in [0.717, 1.165) is 49.1 Å². The summed E-state index contributed by atoms with van der Waals surface area (Å²) in [4.78, 5) is 27.2. The van der Waals surface area contributed by atoms with E-state index in [1.165, 1.54) is 0 Å². The molecule has 6 heteroatoms. The highest BCUT2D eigenvalue weighted by molar-refractivity contribution is 6.04. The first-order valence-corrected chi connectivity index (χ1v) is 10.8. The van der Waals surface area contributed by atoms with Gasteiger partial charge in [0.2, 0.25) is 11.8 Å². The van der Waals surface area contributed by atoms with Gasteiger partial charge in [-0.3, -0.25) is 9.59 Å². The van der Waals surface area contributed by atoms with Crippen molar-refractivity contribution >= 4 is 23.2 Å². The van der Waals surface area contributed by atoms with Crippen LogP contribution >= 0.6 is 0 Å². The molecule has 30 heavy (non-hydrogen) atoms. The fraction of sp³-hybridized carbons (Fsp3) is 0.417. The Morgan fingerprint density at radius 2 is 1.90 bits per heavy atom. The highest BCUT2D eigenvalue weighted by Crippen LogP contribution is 2.47. The molecule has 2 aliphatic heterocycles. The van der Waals surface area contributed by atoms with Gasteiger partial charge in [-0.05, 0) is 43.0 Å². The summed E-state index contributed by atoms with van der Waals surface area (Å²) in [5.74, 6) is 0.355. The molecule has 1 atom stereocenters. The SMILES string of the molecule is CCc1ccccc1N1C[C@@H](C(=O)Nc2ccc3c(c2)OC2(CCCC2)O3)CC1=O. The first-order chi connectivity index (χ1) is 14.6. The topological polar surface area (TPSA) is 67.9 Å². The average molecular weight is 406 g/mol. The van der Waals surface area contributed by atoms with Gasteiger partial charge in [0.25, 0.3) is 5.79 Å². The van der Waals surface area contributed by atoms with E-state index in [-0.39, 0.29) is 24.2 Å². The number of fused-ring (bicyclic) bond motifs is 1. The van der Waals surface area contributed by atoms with Crippen molar-refractivity contribution in [1.29, 1.82) is 0 Å². The number of rotatable bonds is 4. The number of hydrogen-bond donors (Lipinski definition) is 1. The molecule has 156 valence electrons. The summed E-state index contributed by atoms with van der Waals surface area (Å²) >= 11 is 0. The van der Waals surface area contributed by atoms with Gasteiger partial charge < -0.3 is 19.7 Å². The van der Waals surface area contributed by atoms with Gasteiger partial charge in [0, 0.05) is 43.2 Å². The molecule has 2 aromatic carbocycles. The first-order valence-electron chi connectivity index (χ1n) is 10.8. The number of benzene rings is 2. The highest BCUT2D eigenvalue weighted by Gasteiger charge is 2.44. The number of para-hydroxylation sites is 1. The van der Waals surface area contributed by atoms with Crippen molar-refractivity contribution in [2.45, 2.75) is 51.2 Å². The predicted octanol–water partition coefficient (Wildman–Crippen LogP) is 4.28. The van der Waals surface area contributed by atoms with E-state index in [1.807, 2.05) is 42.5 Å². The molecule has 0 bridgehead atoms. The van der Waals surface area contributed by atoms with Crippen LogP contribution in [0.5, 0.6) is 11.5 Å². The highest BCUT2D eigenvalue weighted by atomic mass is 16.7. The van der Waals surface area contributed by atoms with E-state index >= 15 is 0 Å². The lowest BCUT2D eigenvalue weighted by Gasteiger charge is -2.21. The lowest BCUT2D eigenvalue weighted by Crippen LogP contribution is -2.34. The van der Waals surface area contributed by atoms with E-state index in [2.05, 4.69) is 12.2 Å². The van der Waals surface area contributed by atoms with Crippen molar-refractivity contribution in [1.82, 2.24) is 0 Å². The number of nitrogens with zero attached hydrogens (tertiary/aromatic N) is 1. The zero-order valence-electron chi connectivity index (χ0n) is 17.1. The van der Waals surface area contributed by atoms with Crippen LogP contribution < -0.4 is 19.7 Å². The van der Waals surface area contributed by atoms with Crippen LogP contribution in [0.3, 0.4) is 0 Å². The number of hydrogen-bond acceptors (Lipinski definition) is 4. The number of ether oxygens (including phenoxy) is 2. The van der Waals surface area contributed by atoms with Crippen LogP contribution in [0.4, 0.5) is 11.4 Å². The van der Waals surface area contributed by atoms with Crippen molar-refractivity contribution in [2.75, 3.05) is 16.8 Å². The Morgan fingerprint density at radius 1 is 1.13 bits per heavy atom. The summed E-state index contributed by atoms with van der Waals surface area (Å²) in [7, 11) is 0. The average Bonchev–Trinajstić information content (AvgIpc) is 3.46. The van der Waals surface area contributed by atoms with Gasteiger partial charge >= 0.3 is 0 Å². The molecule has 5 rings (SSSR count). The molecule has 0 radical (unpaired) electrons. The van der Waals surface area contributed by atoms with Crippen molar-refractivity contribution in [3.63, 3.8) is 0 Å². The molecule has 1 saturated heterocycles. The van der Waals surface area contributed by atoms with E-state index in [1.54, 1.807) is 4.90 Å². The van der Waals surface area contributed by atoms with Crippen LogP contribution in [0.25, 0.3) is 0 Å². The summed E-state index contributed by atoms with van der Waals surface area (Å²) in [5.41, 5.74) is 2.69. The summed E-state index contributed by atoms with van der Waals surface area (Å²) in [5, 5.41) is 2.96. The van der Waals surface area contributed by atoms with Crippen molar-refractivity contribution in [2.24, 2.45) is 5.92 Å². The summed E-state index contributed by atoms with van der Waals surface area (Å²) < 4.78 is 12.1. The van der Waals surface area contributed by atoms with E-state index in [4.69, 9.17) is 9.47 Å². The molecule has 2 fully saturated rings. The van der Waals surface area contributed by atoms with Gasteiger partial charge in [0.1, 0.15) is 0 Å². The van der Waals surface area contributed by atoms with Gasteiger partial charge in [-0.15, -0.1) is 0 Å². The fourth-order valence-electron chi connectivity index (χ4n) is 4.72. The second kappa shape index (κ2) is 7.35. The molecule has 1 spiro atoms. The van der Waals surface area contributed by atoms with Gasteiger partial charge in [-0.25, -0.2) is 0 Å². The standard InChI is InChI=1S/C24H26N2O4/c1-2-16-7-3-4-8-19(16)26-15-17(13-22(26)27)23(28)25-18-9-10-20-21(14-18)30-24(29-20)11-5-6-12-24/h3-4,7-10,14,17H,2,5-6,11-13,15H2,1H3,(H,25,28)/t17-/m0/s1. The Labute approximate surface area is 176 Å². The lowest BCUT2D eigenvalue weighted by molar-refractivity contribution is -0.122. The molecule has 0 unspecified atom stereocenters. The molecule has 1 aliphatic carbocycles. The van der Waals surface area contributed by atoms with Gasteiger partial charge in [-0.1, -0.05) is 25.1 Å². The molecular formula is C24H26N2O4. The van der Waals surface area contributed by atoms with Crippen LogP contribution in [-0.2, 0) is 16.0 Å². The summed E-state index contributed by atoms with van der Waals surface area (Å²) in [6.45, 7) is 2.47. The monoisotopic (exact) mass is 406 g/mol. The maximum absolute atomic E-state index is 12.9. The summed E-state index contributed by atoms with van der Waals surface area (Å²) in [6, 6.07) is 13.4. The molecule has 6 nitrogen and oxygen atoms in total. The molecule has 2 aromatic rings. The molecule has 3 aliphatic rings. The second-order valence-corrected chi connectivity index (χ2v) is 8.36. The minimum absolute atomic E-state index is 0.00934. The molecule has 2 amide bonds. The maximum atomic E-state index is 12.9. The van der Waals surface area contributed by atoms with Gasteiger partial charge in [0.15, 0.2) is 11.5 Å². The van der Waals surface area contributed by atoms with Crippen LogP contribution in [-0.4, -0.2) is 24.1 Å². The smallest absolute Gasteiger partial charge is 0.251 e. The van der Waals surface area contributed by atoms with Gasteiger partial charge in [-0.2, -0.15) is 0 Å². The first kappa shape index (κ1) is 19.0. The number of anilines is 2. The Bertz CT molecular complexity index is 996. The Hall–Kier alpha value is -3.02. The second-order valence-electron chi connectivity index (χ2n) is 8.36. The molecular weight excluding hydrogens is 380 g/mol. The largest absolute Gasteiger partial charge is 0.448 e. The van der Waals surface area contributed by atoms with Crippen molar-refractivity contribution in [3.8, 4) is 11.5 Å². The van der Waals surface area contributed by atoms with Crippen molar-refractivity contribution in [3.05, 3.63) is 48.0 Å². The predicted molar refractivity (Wildman–Crippen MR) is 114 cm³/mol. The van der Waals surface area contributed by atoms with E-state index in [9.17, 15) is 9.59 Å². The Morgan fingerprint density at radius 3 is 2.70 bits per heavy atom. The Balaban J connectivity index is 1.27. The summed E-state index contributed by atoms with van der Waals surface area (Å²) in [6.07, 6.45) is 5.05. The Kier molecular flexibility index (Phi) is 4.65. The van der Waals surface area contributed by atoms with Crippen LogP contribution in [0.1, 0.15) is 44.6 Å². The van der Waals surface area contributed by atoms with Crippen LogP contribution in [0.2, 0.25) is 0 Å². The maximum Gasteiger partial charge on any atom is 0.251 e.